The van der Waals surface area contributed by atoms with Gasteiger partial charge in [-0.3, -0.25) is 0 Å². The smallest absolute Gasteiger partial charge is 0.156 e. The fourth-order valence-corrected chi connectivity index (χ4v) is 3.77. The van der Waals surface area contributed by atoms with Crippen molar-refractivity contribution in [2.45, 2.75) is 22.8 Å². The molecule has 4 nitrogen and oxygen atoms in total. The normalized spacial score (nSPS) is 11.3. The lowest BCUT2D eigenvalue weighted by Gasteiger charge is -2.02. The Bertz CT molecular complexity index is 702. The lowest BCUT2D eigenvalue weighted by molar-refractivity contribution is 0.764. The van der Waals surface area contributed by atoms with Crippen molar-refractivity contribution in [1.82, 2.24) is 19.7 Å². The molecule has 0 aliphatic rings. The number of thiazole rings is 1. The second-order valence-electron chi connectivity index (χ2n) is 4.18. The van der Waals surface area contributed by atoms with Crippen molar-refractivity contribution in [2.75, 3.05) is 7.05 Å². The van der Waals surface area contributed by atoms with Crippen LogP contribution in [0.2, 0.25) is 0 Å². The van der Waals surface area contributed by atoms with E-state index < -0.39 is 0 Å². The maximum Gasteiger partial charge on any atom is 0.156 e. The van der Waals surface area contributed by atoms with E-state index in [1.807, 2.05) is 38.4 Å². The summed E-state index contributed by atoms with van der Waals surface area (Å²) >= 11 is 3.30. The van der Waals surface area contributed by atoms with Crippen molar-refractivity contribution in [3.8, 4) is 0 Å². The van der Waals surface area contributed by atoms with Crippen molar-refractivity contribution in [3.05, 3.63) is 41.2 Å². The van der Waals surface area contributed by atoms with Gasteiger partial charge in [-0.25, -0.2) is 9.97 Å². The van der Waals surface area contributed by atoms with Gasteiger partial charge in [0.15, 0.2) is 4.34 Å². The monoisotopic (exact) mass is 290 g/mol. The van der Waals surface area contributed by atoms with Crippen LogP contribution in [0.25, 0.3) is 5.65 Å². The van der Waals surface area contributed by atoms with E-state index in [9.17, 15) is 0 Å². The summed E-state index contributed by atoms with van der Waals surface area (Å²) in [6.07, 6.45) is 2.05. The van der Waals surface area contributed by atoms with Crippen LogP contribution in [0.3, 0.4) is 0 Å². The van der Waals surface area contributed by atoms with E-state index in [0.717, 1.165) is 27.3 Å². The lowest BCUT2D eigenvalue weighted by atomic mass is 10.4. The molecule has 0 fully saturated rings. The largest absolute Gasteiger partial charge is 0.314 e. The number of fused-ring (bicyclic) bond motifs is 1. The summed E-state index contributed by atoms with van der Waals surface area (Å²) in [7, 11) is 1.95. The van der Waals surface area contributed by atoms with Crippen molar-refractivity contribution < 1.29 is 0 Å². The molecule has 0 bridgehead atoms. The molecule has 1 N–H and O–H groups in total. The number of imidazole rings is 1. The molecule has 3 aromatic rings. The number of hydrogen-bond donors (Lipinski definition) is 1. The van der Waals surface area contributed by atoms with E-state index in [1.54, 1.807) is 23.1 Å². The molecule has 6 heteroatoms. The highest BCUT2D eigenvalue weighted by atomic mass is 32.2. The maximum absolute atomic E-state index is 4.69. The molecule has 3 heterocycles. The zero-order valence-corrected chi connectivity index (χ0v) is 12.4. The van der Waals surface area contributed by atoms with Crippen molar-refractivity contribution >= 4 is 28.7 Å². The minimum Gasteiger partial charge on any atom is -0.314 e. The van der Waals surface area contributed by atoms with Crippen LogP contribution >= 0.6 is 23.1 Å². The van der Waals surface area contributed by atoms with Gasteiger partial charge in [0.1, 0.15) is 10.7 Å². The quantitative estimate of drug-likeness (QED) is 0.802. The highest BCUT2D eigenvalue weighted by molar-refractivity contribution is 8.01. The van der Waals surface area contributed by atoms with Gasteiger partial charge in [0.2, 0.25) is 0 Å². The molecular weight excluding hydrogens is 276 g/mol. The first-order valence-corrected chi connectivity index (χ1v) is 7.68. The average molecular weight is 290 g/mol. The van der Waals surface area contributed by atoms with Gasteiger partial charge in [-0.05, 0) is 37.9 Å². The number of nitrogens with one attached hydrogen (secondary N) is 1. The van der Waals surface area contributed by atoms with Gasteiger partial charge in [0.25, 0.3) is 0 Å². The minimum absolute atomic E-state index is 0.790. The summed E-state index contributed by atoms with van der Waals surface area (Å²) in [5, 5.41) is 6.29. The van der Waals surface area contributed by atoms with Gasteiger partial charge in [-0.1, -0.05) is 6.07 Å². The first-order chi connectivity index (χ1) is 9.28. The van der Waals surface area contributed by atoms with Gasteiger partial charge < -0.3 is 9.72 Å². The van der Waals surface area contributed by atoms with E-state index >= 15 is 0 Å². The summed E-state index contributed by atoms with van der Waals surface area (Å²) < 4.78 is 3.16. The Morgan fingerprint density at radius 1 is 1.37 bits per heavy atom. The molecule has 3 rings (SSSR count). The Kier molecular flexibility index (Phi) is 3.54. The highest BCUT2D eigenvalue weighted by Crippen LogP contribution is 2.32. The molecule has 98 valence electrons. The predicted molar refractivity (Wildman–Crippen MR) is 78.9 cm³/mol. The molecule has 0 aliphatic heterocycles. The molecule has 0 atom stereocenters. The molecule has 0 unspecified atom stereocenters. The van der Waals surface area contributed by atoms with E-state index in [0.29, 0.717) is 0 Å². The van der Waals surface area contributed by atoms with Crippen LogP contribution in [0.4, 0.5) is 0 Å². The van der Waals surface area contributed by atoms with E-state index in [4.69, 9.17) is 0 Å². The molecule has 0 amide bonds. The fraction of sp³-hybridized carbons (Fsp3) is 0.231. The molecule has 19 heavy (non-hydrogen) atoms. The third kappa shape index (κ3) is 2.51. The first-order valence-electron chi connectivity index (χ1n) is 5.98. The van der Waals surface area contributed by atoms with Crippen LogP contribution in [0.1, 0.15) is 11.4 Å². The fourth-order valence-electron chi connectivity index (χ4n) is 1.90. The van der Waals surface area contributed by atoms with Crippen LogP contribution in [0.15, 0.2) is 39.1 Å². The third-order valence-electron chi connectivity index (χ3n) is 2.72. The summed E-state index contributed by atoms with van der Waals surface area (Å²) in [5.41, 5.74) is 3.21. The number of aromatic nitrogens is 3. The third-order valence-corrected chi connectivity index (χ3v) is 4.79. The topological polar surface area (TPSA) is 42.2 Å². The molecule has 0 aliphatic carbocycles. The summed E-state index contributed by atoms with van der Waals surface area (Å²) in [6, 6.07) is 6.06. The highest BCUT2D eigenvalue weighted by Gasteiger charge is 2.13. The van der Waals surface area contributed by atoms with Gasteiger partial charge >= 0.3 is 0 Å². The minimum atomic E-state index is 0.790. The molecular formula is C13H14N4S2. The Balaban J connectivity index is 2.04. The zero-order chi connectivity index (χ0) is 13.2. The first kappa shape index (κ1) is 12.7. The molecule has 0 spiro atoms. The predicted octanol–water partition coefficient (Wildman–Crippen LogP) is 2.97. The van der Waals surface area contributed by atoms with Crippen molar-refractivity contribution in [1.29, 1.82) is 0 Å². The van der Waals surface area contributed by atoms with Crippen molar-refractivity contribution in [3.63, 3.8) is 0 Å². The number of rotatable bonds is 4. The summed E-state index contributed by atoms with van der Waals surface area (Å²) in [5.74, 6) is 0. The Labute approximate surface area is 119 Å². The zero-order valence-electron chi connectivity index (χ0n) is 10.8. The molecule has 0 saturated heterocycles. The molecule has 0 aromatic carbocycles. The lowest BCUT2D eigenvalue weighted by Crippen LogP contribution is -2.08. The molecule has 0 saturated carbocycles. The Hall–Kier alpha value is -1.37. The Morgan fingerprint density at radius 3 is 3.00 bits per heavy atom. The SMILES string of the molecule is CNCc1c(Sc2nc(C)cs2)nc2ccccn12. The number of nitrogens with zero attached hydrogens (tertiary/aromatic N) is 3. The van der Waals surface area contributed by atoms with Crippen LogP contribution in [-0.2, 0) is 6.54 Å². The van der Waals surface area contributed by atoms with Gasteiger partial charge in [0.05, 0.1) is 5.69 Å². The van der Waals surface area contributed by atoms with Gasteiger partial charge in [-0.15, -0.1) is 11.3 Å². The van der Waals surface area contributed by atoms with Crippen molar-refractivity contribution in [2.24, 2.45) is 0 Å². The number of pyridine rings is 1. The van der Waals surface area contributed by atoms with E-state index in [-0.39, 0.29) is 0 Å². The van der Waals surface area contributed by atoms with Crippen LogP contribution in [-0.4, -0.2) is 21.4 Å². The maximum atomic E-state index is 4.69. The molecule has 0 radical (unpaired) electrons. The second-order valence-corrected chi connectivity index (χ2v) is 6.27. The van der Waals surface area contributed by atoms with Crippen LogP contribution < -0.4 is 5.32 Å². The number of aryl methyl sites for hydroxylation is 1. The number of hydrogen-bond acceptors (Lipinski definition) is 5. The summed E-state index contributed by atoms with van der Waals surface area (Å²) in [4.78, 5) is 9.18. The van der Waals surface area contributed by atoms with Crippen LogP contribution in [0, 0.1) is 6.92 Å². The van der Waals surface area contributed by atoms with Gasteiger partial charge in [0, 0.05) is 23.8 Å². The standard InChI is InChI=1S/C13H14N4S2/c1-9-8-18-13(15-9)19-12-10(7-14-2)17-6-4-3-5-11(17)16-12/h3-6,8,14H,7H2,1-2H3. The molecule has 3 aromatic heterocycles. The van der Waals surface area contributed by atoms with Gasteiger partial charge in [-0.2, -0.15) is 0 Å². The second kappa shape index (κ2) is 5.32. The van der Waals surface area contributed by atoms with E-state index in [1.165, 1.54) is 5.69 Å². The Morgan fingerprint density at radius 2 is 2.26 bits per heavy atom. The van der Waals surface area contributed by atoms with E-state index in [2.05, 4.69) is 25.1 Å². The summed E-state index contributed by atoms with van der Waals surface area (Å²) in [6.45, 7) is 2.80. The van der Waals surface area contributed by atoms with Crippen LogP contribution in [0.5, 0.6) is 0 Å². The average Bonchev–Trinajstić information content (AvgIpc) is 2.96.